The first kappa shape index (κ1) is 15.3. The average molecular weight is 287 g/mol. The average Bonchev–Trinajstić information content (AvgIpc) is 2.35. The van der Waals surface area contributed by atoms with Gasteiger partial charge in [0, 0.05) is 25.2 Å². The molecule has 0 saturated heterocycles. The third-order valence-electron chi connectivity index (χ3n) is 2.45. The smallest absolute Gasteiger partial charge is 0.337 e. The zero-order chi connectivity index (χ0) is 14.4. The fraction of sp³-hybridized carbons (Fsp3) is 0.333. The van der Waals surface area contributed by atoms with Gasteiger partial charge in [-0.15, -0.1) is 0 Å². The molecule has 1 aromatic carbocycles. The molecule has 3 N–H and O–H groups in total. The number of aliphatic hydroxyl groups excluding tert-OH is 1. The molecular formula is C12H15ClN2O4. The Hall–Kier alpha value is -1.79. The van der Waals surface area contributed by atoms with Crippen molar-refractivity contribution in [3.8, 4) is 0 Å². The van der Waals surface area contributed by atoms with Gasteiger partial charge in [-0.3, -0.25) is 0 Å². The molecule has 104 valence electrons. The van der Waals surface area contributed by atoms with Gasteiger partial charge in [0.05, 0.1) is 11.3 Å². The molecule has 0 spiro atoms. The minimum atomic E-state index is -1.15. The second kappa shape index (κ2) is 6.96. The molecule has 0 radical (unpaired) electrons. The Kier molecular flexibility index (Phi) is 5.59. The molecule has 1 aromatic rings. The van der Waals surface area contributed by atoms with Gasteiger partial charge in [-0.1, -0.05) is 11.6 Å². The number of carbonyl (C=O) groups excluding carboxylic acids is 1. The van der Waals surface area contributed by atoms with Crippen molar-refractivity contribution in [3.05, 3.63) is 28.8 Å². The van der Waals surface area contributed by atoms with Crippen LogP contribution in [0.5, 0.6) is 0 Å². The summed E-state index contributed by atoms with van der Waals surface area (Å²) in [6, 6.07) is 3.69. The Bertz CT molecular complexity index is 479. The Labute approximate surface area is 115 Å². The third kappa shape index (κ3) is 4.42. The van der Waals surface area contributed by atoms with Crippen LogP contribution >= 0.6 is 11.6 Å². The number of nitrogens with one attached hydrogen (secondary N) is 1. The number of carboxylic acid groups (broad SMARTS) is 1. The van der Waals surface area contributed by atoms with E-state index in [1.165, 1.54) is 23.1 Å². The monoisotopic (exact) mass is 286 g/mol. The molecule has 0 fully saturated rings. The topological polar surface area (TPSA) is 89.9 Å². The Morgan fingerprint density at radius 2 is 2.11 bits per heavy atom. The Morgan fingerprint density at radius 1 is 1.42 bits per heavy atom. The molecule has 0 unspecified atom stereocenters. The van der Waals surface area contributed by atoms with Crippen LogP contribution in [-0.4, -0.2) is 47.3 Å². The van der Waals surface area contributed by atoms with Crippen LogP contribution in [0.25, 0.3) is 0 Å². The summed E-state index contributed by atoms with van der Waals surface area (Å²) in [6.45, 7) is 0.348. The highest BCUT2D eigenvalue weighted by Crippen LogP contribution is 2.21. The summed E-state index contributed by atoms with van der Waals surface area (Å²) in [5.74, 6) is -1.15. The van der Waals surface area contributed by atoms with Gasteiger partial charge in [0.25, 0.3) is 0 Å². The summed E-state index contributed by atoms with van der Waals surface area (Å²) < 4.78 is 0. The standard InChI is InChI=1S/C12H15ClN2O4/c1-15(5-2-6-16)12(19)14-10-7-8(13)3-4-9(10)11(17)18/h3-4,7,16H,2,5-6H2,1H3,(H,14,19)(H,17,18). The molecule has 0 atom stereocenters. The summed E-state index contributed by atoms with van der Waals surface area (Å²) in [7, 11) is 1.55. The molecule has 0 aromatic heterocycles. The molecule has 0 saturated carbocycles. The second-order valence-corrected chi connectivity index (χ2v) is 4.36. The molecule has 6 nitrogen and oxygen atoms in total. The number of amides is 2. The normalized spacial score (nSPS) is 10.1. The summed E-state index contributed by atoms with van der Waals surface area (Å²) >= 11 is 5.78. The number of carboxylic acids is 1. The lowest BCUT2D eigenvalue weighted by atomic mass is 10.2. The summed E-state index contributed by atoms with van der Waals surface area (Å²) in [5.41, 5.74) is 0.106. The largest absolute Gasteiger partial charge is 0.478 e. The molecule has 7 heteroatoms. The van der Waals surface area contributed by atoms with E-state index in [9.17, 15) is 9.59 Å². The maximum absolute atomic E-state index is 11.8. The van der Waals surface area contributed by atoms with Gasteiger partial charge in [0.2, 0.25) is 0 Å². The number of anilines is 1. The van der Waals surface area contributed by atoms with Gasteiger partial charge in [-0.2, -0.15) is 0 Å². The number of nitrogens with zero attached hydrogens (tertiary/aromatic N) is 1. The van der Waals surface area contributed by atoms with Crippen molar-refractivity contribution >= 4 is 29.3 Å². The van der Waals surface area contributed by atoms with Crippen LogP contribution in [0, 0.1) is 0 Å². The lowest BCUT2D eigenvalue weighted by Crippen LogP contribution is -2.33. The van der Waals surface area contributed by atoms with Crippen molar-refractivity contribution in [2.24, 2.45) is 0 Å². The second-order valence-electron chi connectivity index (χ2n) is 3.92. The predicted molar refractivity (Wildman–Crippen MR) is 71.8 cm³/mol. The first-order valence-corrected chi connectivity index (χ1v) is 5.99. The summed E-state index contributed by atoms with van der Waals surface area (Å²) in [6.07, 6.45) is 0.450. The van der Waals surface area contributed by atoms with Crippen LogP contribution in [0.4, 0.5) is 10.5 Å². The van der Waals surface area contributed by atoms with Crippen LogP contribution < -0.4 is 5.32 Å². The zero-order valence-electron chi connectivity index (χ0n) is 10.4. The van der Waals surface area contributed by atoms with Crippen molar-refractivity contribution in [3.63, 3.8) is 0 Å². The van der Waals surface area contributed by atoms with Crippen molar-refractivity contribution in [1.82, 2.24) is 4.90 Å². The van der Waals surface area contributed by atoms with Crippen molar-refractivity contribution < 1.29 is 19.8 Å². The number of carbonyl (C=O) groups is 2. The molecule has 19 heavy (non-hydrogen) atoms. The van der Waals surface area contributed by atoms with Crippen molar-refractivity contribution in [2.75, 3.05) is 25.5 Å². The molecule has 0 aliphatic heterocycles. The van der Waals surface area contributed by atoms with E-state index in [2.05, 4.69) is 5.32 Å². The molecule has 0 aliphatic carbocycles. The molecular weight excluding hydrogens is 272 g/mol. The fourth-order valence-corrected chi connectivity index (χ4v) is 1.60. The first-order chi connectivity index (χ1) is 8.95. The van der Waals surface area contributed by atoms with Gasteiger partial charge in [-0.25, -0.2) is 9.59 Å². The number of aromatic carboxylic acids is 1. The number of halogens is 1. The van der Waals surface area contributed by atoms with Crippen molar-refractivity contribution in [2.45, 2.75) is 6.42 Å². The minimum absolute atomic E-state index is 0.0187. The maximum Gasteiger partial charge on any atom is 0.337 e. The number of urea groups is 1. The molecule has 0 bridgehead atoms. The van der Waals surface area contributed by atoms with Crippen LogP contribution in [-0.2, 0) is 0 Å². The van der Waals surface area contributed by atoms with Crippen molar-refractivity contribution in [1.29, 1.82) is 0 Å². The van der Waals surface area contributed by atoms with E-state index in [1.807, 2.05) is 0 Å². The lowest BCUT2D eigenvalue weighted by molar-refractivity contribution is 0.0698. The SMILES string of the molecule is CN(CCCO)C(=O)Nc1cc(Cl)ccc1C(=O)O. The van der Waals surface area contributed by atoms with Gasteiger partial charge < -0.3 is 20.4 Å². The zero-order valence-corrected chi connectivity index (χ0v) is 11.1. The highest BCUT2D eigenvalue weighted by atomic mass is 35.5. The van der Waals surface area contributed by atoms with Gasteiger partial charge in [-0.05, 0) is 24.6 Å². The molecule has 2 amide bonds. The van der Waals surface area contributed by atoms with Gasteiger partial charge in [0.15, 0.2) is 0 Å². The Balaban J connectivity index is 2.83. The lowest BCUT2D eigenvalue weighted by Gasteiger charge is -2.18. The van der Waals surface area contributed by atoms with E-state index in [-0.39, 0.29) is 17.9 Å². The maximum atomic E-state index is 11.8. The summed E-state index contributed by atoms with van der Waals surface area (Å²) in [4.78, 5) is 24.2. The minimum Gasteiger partial charge on any atom is -0.478 e. The van der Waals surface area contributed by atoms with E-state index in [0.29, 0.717) is 18.0 Å². The van der Waals surface area contributed by atoms with E-state index in [1.54, 1.807) is 7.05 Å². The highest BCUT2D eigenvalue weighted by Gasteiger charge is 2.15. The van der Waals surface area contributed by atoms with Gasteiger partial charge >= 0.3 is 12.0 Å². The quantitative estimate of drug-likeness (QED) is 0.771. The van der Waals surface area contributed by atoms with E-state index in [0.717, 1.165) is 0 Å². The predicted octanol–water partition coefficient (Wildman–Crippen LogP) is 1.88. The molecule has 1 rings (SSSR count). The number of hydrogen-bond acceptors (Lipinski definition) is 3. The van der Waals surface area contributed by atoms with E-state index < -0.39 is 12.0 Å². The van der Waals surface area contributed by atoms with Crippen LogP contribution in [0.2, 0.25) is 5.02 Å². The van der Waals surface area contributed by atoms with Crippen LogP contribution in [0.1, 0.15) is 16.8 Å². The van der Waals surface area contributed by atoms with E-state index in [4.69, 9.17) is 21.8 Å². The van der Waals surface area contributed by atoms with Crippen LogP contribution in [0.3, 0.4) is 0 Å². The fourth-order valence-electron chi connectivity index (χ4n) is 1.43. The van der Waals surface area contributed by atoms with E-state index >= 15 is 0 Å². The number of hydrogen-bond donors (Lipinski definition) is 3. The van der Waals surface area contributed by atoms with Gasteiger partial charge in [0.1, 0.15) is 0 Å². The number of rotatable bonds is 5. The summed E-state index contributed by atoms with van der Waals surface area (Å²) in [5, 5.41) is 20.5. The highest BCUT2D eigenvalue weighted by molar-refractivity contribution is 6.31. The molecule has 0 aliphatic rings. The van der Waals surface area contributed by atoms with Crippen LogP contribution in [0.15, 0.2) is 18.2 Å². The number of aliphatic hydroxyl groups is 1. The first-order valence-electron chi connectivity index (χ1n) is 5.61. The third-order valence-corrected chi connectivity index (χ3v) is 2.69. The number of benzene rings is 1. The molecule has 0 heterocycles. The Morgan fingerprint density at radius 3 is 2.68 bits per heavy atom.